The third kappa shape index (κ3) is 1.59. The van der Waals surface area contributed by atoms with Gasteiger partial charge in [0.25, 0.3) is 0 Å². The SMILES string of the molecule is Cc1cc(C)c2c(n1)sc1c(N3CC4(COC4)C3)ncnc12. The number of fused-ring (bicyclic) bond motifs is 3. The van der Waals surface area contributed by atoms with Gasteiger partial charge in [0, 0.05) is 24.2 Å². The predicted octanol–water partition coefficient (Wildman–Crippen LogP) is 2.69. The van der Waals surface area contributed by atoms with E-state index in [1.165, 1.54) is 10.9 Å². The maximum Gasteiger partial charge on any atom is 0.150 e. The number of aromatic nitrogens is 3. The number of pyridine rings is 1. The second-order valence-electron chi connectivity index (χ2n) is 6.59. The first kappa shape index (κ1) is 12.7. The molecule has 0 amide bonds. The predicted molar refractivity (Wildman–Crippen MR) is 87.7 cm³/mol. The third-order valence-corrected chi connectivity index (χ3v) is 5.77. The lowest BCUT2D eigenvalue weighted by Gasteiger charge is -2.55. The Hall–Kier alpha value is -1.79. The van der Waals surface area contributed by atoms with E-state index >= 15 is 0 Å². The Labute approximate surface area is 132 Å². The molecule has 2 fully saturated rings. The van der Waals surface area contributed by atoms with Crippen LogP contribution >= 0.6 is 11.3 Å². The molecule has 2 aliphatic heterocycles. The van der Waals surface area contributed by atoms with Gasteiger partial charge < -0.3 is 9.64 Å². The number of ether oxygens (including phenoxy) is 1. The Morgan fingerprint density at radius 2 is 2.05 bits per heavy atom. The van der Waals surface area contributed by atoms with Crippen LogP contribution in [-0.4, -0.2) is 41.3 Å². The number of rotatable bonds is 1. The molecule has 3 aromatic heterocycles. The summed E-state index contributed by atoms with van der Waals surface area (Å²) < 4.78 is 6.52. The fourth-order valence-corrected chi connectivity index (χ4v) is 4.88. The zero-order valence-electron chi connectivity index (χ0n) is 12.6. The average molecular weight is 312 g/mol. The van der Waals surface area contributed by atoms with Gasteiger partial charge in [-0.25, -0.2) is 15.0 Å². The monoisotopic (exact) mass is 312 g/mol. The summed E-state index contributed by atoms with van der Waals surface area (Å²) in [6, 6.07) is 2.13. The van der Waals surface area contributed by atoms with Crippen LogP contribution in [-0.2, 0) is 4.74 Å². The molecule has 0 bridgehead atoms. The number of thiophene rings is 1. The molecule has 5 nitrogen and oxygen atoms in total. The van der Waals surface area contributed by atoms with Gasteiger partial charge in [-0.15, -0.1) is 11.3 Å². The number of aryl methyl sites for hydroxylation is 2. The Kier molecular flexibility index (Phi) is 2.40. The lowest BCUT2D eigenvalue weighted by Crippen LogP contribution is -2.66. The molecule has 0 atom stereocenters. The first-order chi connectivity index (χ1) is 10.7. The van der Waals surface area contributed by atoms with Gasteiger partial charge >= 0.3 is 0 Å². The van der Waals surface area contributed by atoms with Crippen LogP contribution in [0.4, 0.5) is 5.82 Å². The fourth-order valence-electron chi connectivity index (χ4n) is 3.61. The minimum Gasteiger partial charge on any atom is -0.380 e. The average Bonchev–Trinajstić information content (AvgIpc) is 2.74. The van der Waals surface area contributed by atoms with Crippen molar-refractivity contribution in [2.45, 2.75) is 13.8 Å². The Morgan fingerprint density at radius 1 is 1.23 bits per heavy atom. The van der Waals surface area contributed by atoms with Crippen LogP contribution in [0, 0.1) is 19.3 Å². The van der Waals surface area contributed by atoms with Gasteiger partial charge in [0.05, 0.1) is 28.8 Å². The molecule has 5 rings (SSSR count). The molecule has 5 heterocycles. The minimum atomic E-state index is 0.388. The molecule has 2 saturated heterocycles. The van der Waals surface area contributed by atoms with Crippen LogP contribution in [0.2, 0.25) is 0 Å². The number of hydrogen-bond acceptors (Lipinski definition) is 6. The quantitative estimate of drug-likeness (QED) is 0.691. The van der Waals surface area contributed by atoms with Crippen LogP contribution in [0.1, 0.15) is 11.3 Å². The first-order valence-corrected chi connectivity index (χ1v) is 8.31. The van der Waals surface area contributed by atoms with E-state index in [0.717, 1.165) is 52.9 Å². The highest BCUT2D eigenvalue weighted by atomic mass is 32.1. The van der Waals surface area contributed by atoms with E-state index in [4.69, 9.17) is 4.74 Å². The van der Waals surface area contributed by atoms with E-state index < -0.39 is 0 Å². The van der Waals surface area contributed by atoms with E-state index in [2.05, 4.69) is 32.8 Å². The van der Waals surface area contributed by atoms with Crippen molar-refractivity contribution in [3.05, 3.63) is 23.7 Å². The van der Waals surface area contributed by atoms with Gasteiger partial charge in [0.15, 0.2) is 0 Å². The van der Waals surface area contributed by atoms with Crippen LogP contribution in [0.25, 0.3) is 20.4 Å². The van der Waals surface area contributed by atoms with Gasteiger partial charge in [0.2, 0.25) is 0 Å². The van der Waals surface area contributed by atoms with Crippen molar-refractivity contribution in [2.75, 3.05) is 31.2 Å². The molecule has 1 spiro atoms. The molecular weight excluding hydrogens is 296 g/mol. The van der Waals surface area contributed by atoms with Gasteiger partial charge in [-0.2, -0.15) is 0 Å². The van der Waals surface area contributed by atoms with Gasteiger partial charge in [-0.3, -0.25) is 0 Å². The highest BCUT2D eigenvalue weighted by Crippen LogP contribution is 2.44. The molecule has 0 N–H and O–H groups in total. The van der Waals surface area contributed by atoms with E-state index in [1.54, 1.807) is 17.7 Å². The molecule has 2 aliphatic rings. The van der Waals surface area contributed by atoms with Crippen molar-refractivity contribution >= 4 is 37.6 Å². The van der Waals surface area contributed by atoms with E-state index in [0.29, 0.717) is 5.41 Å². The van der Waals surface area contributed by atoms with Gasteiger partial charge in [-0.1, -0.05) is 0 Å². The summed E-state index contributed by atoms with van der Waals surface area (Å²) in [6.45, 7) is 8.04. The maximum absolute atomic E-state index is 5.36. The second-order valence-corrected chi connectivity index (χ2v) is 7.59. The number of anilines is 1. The van der Waals surface area contributed by atoms with E-state index in [1.807, 2.05) is 6.92 Å². The van der Waals surface area contributed by atoms with Crippen molar-refractivity contribution in [3.63, 3.8) is 0 Å². The lowest BCUT2D eigenvalue weighted by atomic mass is 9.78. The topological polar surface area (TPSA) is 51.1 Å². The Balaban J connectivity index is 1.68. The van der Waals surface area contributed by atoms with E-state index in [-0.39, 0.29) is 0 Å². The summed E-state index contributed by atoms with van der Waals surface area (Å²) >= 11 is 1.71. The Bertz CT molecular complexity index is 907. The highest BCUT2D eigenvalue weighted by Gasteiger charge is 2.49. The van der Waals surface area contributed by atoms with Crippen LogP contribution in [0.15, 0.2) is 12.4 Å². The molecule has 0 saturated carbocycles. The normalized spacial score (nSPS) is 19.6. The summed E-state index contributed by atoms with van der Waals surface area (Å²) in [6.07, 6.45) is 1.69. The standard InChI is InChI=1S/C16H16N4OS/c1-9-3-10(2)19-15-11(9)12-13(22-15)14(18-8-17-12)20-4-16(5-20)6-21-7-16/h3,8H,4-7H2,1-2H3. The summed E-state index contributed by atoms with van der Waals surface area (Å²) in [7, 11) is 0. The van der Waals surface area contributed by atoms with Crippen LogP contribution in [0.3, 0.4) is 0 Å². The molecular formula is C16H16N4OS. The van der Waals surface area contributed by atoms with Crippen LogP contribution in [0.5, 0.6) is 0 Å². The largest absolute Gasteiger partial charge is 0.380 e. The van der Waals surface area contributed by atoms with Crippen molar-refractivity contribution in [3.8, 4) is 0 Å². The van der Waals surface area contributed by atoms with Crippen molar-refractivity contribution in [2.24, 2.45) is 5.41 Å². The smallest absolute Gasteiger partial charge is 0.150 e. The number of nitrogens with zero attached hydrogens (tertiary/aromatic N) is 4. The van der Waals surface area contributed by atoms with Gasteiger partial charge in [-0.05, 0) is 25.5 Å². The molecule has 6 heteroatoms. The summed E-state index contributed by atoms with van der Waals surface area (Å²) in [5, 5.41) is 1.18. The highest BCUT2D eigenvalue weighted by molar-refractivity contribution is 7.26. The second kappa shape index (κ2) is 4.14. The molecule has 0 aliphatic carbocycles. The zero-order chi connectivity index (χ0) is 14.9. The molecule has 112 valence electrons. The summed E-state index contributed by atoms with van der Waals surface area (Å²) in [5.74, 6) is 1.06. The van der Waals surface area contributed by atoms with Crippen molar-refractivity contribution < 1.29 is 4.74 Å². The Morgan fingerprint density at radius 3 is 2.77 bits per heavy atom. The van der Waals surface area contributed by atoms with Gasteiger partial charge in [0.1, 0.15) is 17.0 Å². The molecule has 22 heavy (non-hydrogen) atoms. The van der Waals surface area contributed by atoms with Crippen LogP contribution < -0.4 is 4.90 Å². The number of hydrogen-bond donors (Lipinski definition) is 0. The van der Waals surface area contributed by atoms with E-state index in [9.17, 15) is 0 Å². The summed E-state index contributed by atoms with van der Waals surface area (Å²) in [4.78, 5) is 17.2. The minimum absolute atomic E-state index is 0.388. The maximum atomic E-state index is 5.36. The zero-order valence-corrected chi connectivity index (χ0v) is 13.4. The molecule has 3 aromatic rings. The lowest BCUT2D eigenvalue weighted by molar-refractivity contribution is -0.127. The fraction of sp³-hybridized carbons (Fsp3) is 0.438. The molecule has 0 aromatic carbocycles. The molecule has 0 unspecified atom stereocenters. The third-order valence-electron chi connectivity index (χ3n) is 4.70. The van der Waals surface area contributed by atoms with Crippen molar-refractivity contribution in [1.29, 1.82) is 0 Å². The summed E-state index contributed by atoms with van der Waals surface area (Å²) in [5.41, 5.74) is 3.73. The van der Waals surface area contributed by atoms with Crippen molar-refractivity contribution in [1.82, 2.24) is 15.0 Å². The first-order valence-electron chi connectivity index (χ1n) is 7.49. The molecule has 0 radical (unpaired) electrons.